The van der Waals surface area contributed by atoms with E-state index < -0.39 is 0 Å². The summed E-state index contributed by atoms with van der Waals surface area (Å²) < 4.78 is 21.4. The summed E-state index contributed by atoms with van der Waals surface area (Å²) in [6, 6.07) is 21.4. The van der Waals surface area contributed by atoms with Gasteiger partial charge < -0.3 is 19.6 Å². The Kier molecular flexibility index (Phi) is 5.88. The number of anilines is 1. The van der Waals surface area contributed by atoms with Gasteiger partial charge in [0.1, 0.15) is 23.9 Å². The van der Waals surface area contributed by atoms with Gasteiger partial charge >= 0.3 is 0 Å². The molecule has 0 spiro atoms. The second-order valence-corrected chi connectivity index (χ2v) is 8.98. The number of para-hydroxylation sites is 1. The molecule has 1 aliphatic heterocycles. The van der Waals surface area contributed by atoms with Crippen molar-refractivity contribution in [2.75, 3.05) is 31.1 Å². The molecule has 0 unspecified atom stereocenters. The molecule has 5 rings (SSSR count). The molecule has 7 heteroatoms. The predicted molar refractivity (Wildman–Crippen MR) is 129 cm³/mol. The third-order valence-electron chi connectivity index (χ3n) is 5.85. The van der Waals surface area contributed by atoms with E-state index in [9.17, 15) is 14.3 Å². The molecule has 1 fully saturated rings. The number of phenols is 1. The summed E-state index contributed by atoms with van der Waals surface area (Å²) in [6.45, 7) is 2.53. The monoisotopic (exact) mass is 462 g/mol. The van der Waals surface area contributed by atoms with E-state index in [0.29, 0.717) is 47.8 Å². The van der Waals surface area contributed by atoms with Crippen LogP contribution in [0, 0.1) is 5.82 Å². The molecule has 0 atom stereocenters. The molecule has 4 aromatic rings. The number of hydrogen-bond donors (Lipinski definition) is 1. The zero-order chi connectivity index (χ0) is 22.8. The number of carbonyl (C=O) groups is 1. The van der Waals surface area contributed by atoms with Crippen LogP contribution >= 0.6 is 11.3 Å². The van der Waals surface area contributed by atoms with Crippen LogP contribution in [0.25, 0.3) is 10.1 Å². The van der Waals surface area contributed by atoms with Crippen molar-refractivity contribution in [2.45, 2.75) is 6.61 Å². The van der Waals surface area contributed by atoms with Crippen molar-refractivity contribution >= 4 is 33.0 Å². The summed E-state index contributed by atoms with van der Waals surface area (Å²) in [5.74, 6) is 0.452. The van der Waals surface area contributed by atoms with Crippen molar-refractivity contribution in [1.82, 2.24) is 4.90 Å². The molecule has 0 radical (unpaired) electrons. The first-order chi connectivity index (χ1) is 16.1. The quantitative estimate of drug-likeness (QED) is 0.438. The minimum absolute atomic E-state index is 0.0992. The van der Waals surface area contributed by atoms with Crippen LogP contribution in [0.15, 0.2) is 72.8 Å². The first-order valence-electron chi connectivity index (χ1n) is 10.8. The number of rotatable bonds is 5. The van der Waals surface area contributed by atoms with Crippen LogP contribution in [0.5, 0.6) is 11.5 Å². The summed E-state index contributed by atoms with van der Waals surface area (Å²) in [5, 5.41) is 10.2. The fourth-order valence-electron chi connectivity index (χ4n) is 4.15. The lowest BCUT2D eigenvalue weighted by Gasteiger charge is -2.36. The smallest absolute Gasteiger partial charge is 0.264 e. The first-order valence-corrected chi connectivity index (χ1v) is 11.6. The minimum Gasteiger partial charge on any atom is -0.508 e. The van der Waals surface area contributed by atoms with Gasteiger partial charge in [-0.3, -0.25) is 4.79 Å². The molecule has 0 saturated carbocycles. The Morgan fingerprint density at radius 3 is 2.48 bits per heavy atom. The normalized spacial score (nSPS) is 14.0. The minimum atomic E-state index is -0.344. The molecule has 33 heavy (non-hydrogen) atoms. The lowest BCUT2D eigenvalue weighted by molar-refractivity contribution is 0.0749. The molecule has 3 aromatic carbocycles. The van der Waals surface area contributed by atoms with Gasteiger partial charge in [0, 0.05) is 53.6 Å². The van der Waals surface area contributed by atoms with E-state index in [4.69, 9.17) is 4.74 Å². The number of halogens is 1. The van der Waals surface area contributed by atoms with E-state index in [1.165, 1.54) is 17.4 Å². The van der Waals surface area contributed by atoms with Crippen molar-refractivity contribution < 1.29 is 19.0 Å². The number of benzene rings is 3. The number of fused-ring (bicyclic) bond motifs is 1. The van der Waals surface area contributed by atoms with Crippen molar-refractivity contribution in [3.63, 3.8) is 0 Å². The van der Waals surface area contributed by atoms with Gasteiger partial charge in [0.05, 0.1) is 4.88 Å². The van der Waals surface area contributed by atoms with Gasteiger partial charge in [-0.25, -0.2) is 4.39 Å². The van der Waals surface area contributed by atoms with Gasteiger partial charge in [-0.15, -0.1) is 11.3 Å². The van der Waals surface area contributed by atoms with Gasteiger partial charge in [-0.2, -0.15) is 0 Å². The summed E-state index contributed by atoms with van der Waals surface area (Å²) in [5.41, 5.74) is 1.53. The zero-order valence-electron chi connectivity index (χ0n) is 17.9. The van der Waals surface area contributed by atoms with Crippen LogP contribution in [-0.2, 0) is 6.61 Å². The number of aromatic hydroxyl groups is 1. The number of carbonyl (C=O) groups excluding carboxylic acids is 1. The van der Waals surface area contributed by atoms with Crippen LogP contribution in [0.3, 0.4) is 0 Å². The molecular formula is C26H23FN2O3S. The maximum Gasteiger partial charge on any atom is 0.264 e. The fraction of sp³-hybridized carbons (Fsp3) is 0.192. The second-order valence-electron chi connectivity index (χ2n) is 7.92. The number of hydrogen-bond acceptors (Lipinski definition) is 5. The first kappa shape index (κ1) is 21.3. The number of phenolic OH excluding ortho intramolecular Hbond substituents is 1. The van der Waals surface area contributed by atoms with Crippen LogP contribution in [0.2, 0.25) is 0 Å². The molecule has 1 aliphatic rings. The summed E-state index contributed by atoms with van der Waals surface area (Å²) in [7, 11) is 0. The number of piperazine rings is 1. The van der Waals surface area contributed by atoms with Crippen molar-refractivity contribution in [3.05, 3.63) is 89.1 Å². The van der Waals surface area contributed by atoms with Gasteiger partial charge in [-0.05, 0) is 36.4 Å². The highest BCUT2D eigenvalue weighted by Gasteiger charge is 2.28. The van der Waals surface area contributed by atoms with E-state index in [2.05, 4.69) is 4.90 Å². The largest absolute Gasteiger partial charge is 0.508 e. The Morgan fingerprint density at radius 2 is 1.73 bits per heavy atom. The molecule has 1 amide bonds. The number of ether oxygens (including phenoxy) is 1. The van der Waals surface area contributed by atoms with Crippen LogP contribution in [-0.4, -0.2) is 42.1 Å². The average Bonchev–Trinajstić information content (AvgIpc) is 3.23. The van der Waals surface area contributed by atoms with Gasteiger partial charge in [0.25, 0.3) is 5.91 Å². The van der Waals surface area contributed by atoms with Crippen molar-refractivity contribution in [2.24, 2.45) is 0 Å². The molecule has 0 aliphatic carbocycles. The van der Waals surface area contributed by atoms with Crippen molar-refractivity contribution in [3.8, 4) is 11.5 Å². The Morgan fingerprint density at radius 1 is 0.970 bits per heavy atom. The van der Waals surface area contributed by atoms with E-state index in [1.807, 2.05) is 53.4 Å². The standard InChI is InChI=1S/C26H23FN2O3S/c27-22-10-5-11-23-24(22)21(17-32-20-8-2-1-3-9-20)25(33-23)26(31)29-14-12-28(13-15-29)18-6-4-7-19(30)16-18/h1-11,16,30H,12-15,17H2. The second kappa shape index (κ2) is 9.11. The van der Waals surface area contributed by atoms with Gasteiger partial charge in [-0.1, -0.05) is 30.3 Å². The molecule has 1 N–H and O–H groups in total. The van der Waals surface area contributed by atoms with Crippen molar-refractivity contribution in [1.29, 1.82) is 0 Å². The molecule has 2 heterocycles. The average molecular weight is 463 g/mol. The fourth-order valence-corrected chi connectivity index (χ4v) is 5.34. The van der Waals surface area contributed by atoms with Gasteiger partial charge in [0.15, 0.2) is 0 Å². The third kappa shape index (κ3) is 4.36. The highest BCUT2D eigenvalue weighted by atomic mass is 32.1. The zero-order valence-corrected chi connectivity index (χ0v) is 18.7. The maximum atomic E-state index is 14.8. The lowest BCUT2D eigenvalue weighted by atomic mass is 10.1. The van der Waals surface area contributed by atoms with Crippen LogP contribution in [0.4, 0.5) is 10.1 Å². The molecule has 168 valence electrons. The Bertz CT molecular complexity index is 1280. The summed E-state index contributed by atoms with van der Waals surface area (Å²) in [4.78, 5) is 18.0. The SMILES string of the molecule is O=C(c1sc2cccc(F)c2c1COc1ccccc1)N1CCN(c2cccc(O)c2)CC1. The number of nitrogens with zero attached hydrogens (tertiary/aromatic N) is 2. The number of amides is 1. The predicted octanol–water partition coefficient (Wildman–Crippen LogP) is 5.29. The van der Waals surface area contributed by atoms with E-state index >= 15 is 0 Å². The molecule has 1 saturated heterocycles. The Hall–Kier alpha value is -3.58. The highest BCUT2D eigenvalue weighted by Crippen LogP contribution is 2.35. The van der Waals surface area contributed by atoms with E-state index in [-0.39, 0.29) is 24.1 Å². The highest BCUT2D eigenvalue weighted by molar-refractivity contribution is 7.21. The third-order valence-corrected chi connectivity index (χ3v) is 7.03. The number of thiophene rings is 1. The molecule has 1 aromatic heterocycles. The lowest BCUT2D eigenvalue weighted by Crippen LogP contribution is -2.48. The van der Waals surface area contributed by atoms with Crippen LogP contribution in [0.1, 0.15) is 15.2 Å². The van der Waals surface area contributed by atoms with E-state index in [0.717, 1.165) is 10.4 Å². The Labute approximate surface area is 195 Å². The Balaban J connectivity index is 1.38. The molecular weight excluding hydrogens is 439 g/mol. The molecule has 0 bridgehead atoms. The van der Waals surface area contributed by atoms with E-state index in [1.54, 1.807) is 18.2 Å². The topological polar surface area (TPSA) is 53.0 Å². The summed E-state index contributed by atoms with van der Waals surface area (Å²) >= 11 is 1.32. The van der Waals surface area contributed by atoms with Gasteiger partial charge in [0.2, 0.25) is 0 Å². The molecule has 5 nitrogen and oxygen atoms in total. The van der Waals surface area contributed by atoms with Crippen LogP contribution < -0.4 is 9.64 Å². The summed E-state index contributed by atoms with van der Waals surface area (Å²) in [6.07, 6.45) is 0. The maximum absolute atomic E-state index is 14.8.